The monoisotopic (exact) mass is 315 g/mol. The fourth-order valence-electron chi connectivity index (χ4n) is 2.73. The predicted octanol–water partition coefficient (Wildman–Crippen LogP) is 2.74. The average molecular weight is 315 g/mol. The Hall–Kier alpha value is -2.57. The van der Waals surface area contributed by atoms with Gasteiger partial charge in [0.25, 0.3) is 0 Å². The van der Waals surface area contributed by atoms with Gasteiger partial charge in [-0.15, -0.1) is 0 Å². The lowest BCUT2D eigenvalue weighted by molar-refractivity contribution is 0.181. The van der Waals surface area contributed by atoms with Gasteiger partial charge in [0, 0.05) is 11.7 Å². The SMILES string of the molecule is Cc1c(NCc2ncnn2C(C)C)cccc1N1CCOC1=O. The van der Waals surface area contributed by atoms with Crippen LogP contribution in [0, 0.1) is 6.92 Å². The third-order valence-corrected chi connectivity index (χ3v) is 3.93. The van der Waals surface area contributed by atoms with Crippen LogP contribution in [0.25, 0.3) is 0 Å². The molecule has 1 saturated heterocycles. The fraction of sp³-hybridized carbons (Fsp3) is 0.438. The highest BCUT2D eigenvalue weighted by molar-refractivity contribution is 5.91. The molecule has 1 aromatic carbocycles. The highest BCUT2D eigenvalue weighted by Crippen LogP contribution is 2.29. The largest absolute Gasteiger partial charge is 0.447 e. The number of carbonyl (C=O) groups is 1. The molecule has 1 amide bonds. The van der Waals surface area contributed by atoms with Crippen molar-refractivity contribution in [3.63, 3.8) is 0 Å². The summed E-state index contributed by atoms with van der Waals surface area (Å²) in [5.41, 5.74) is 2.87. The molecule has 7 heteroatoms. The molecule has 0 bridgehead atoms. The summed E-state index contributed by atoms with van der Waals surface area (Å²) in [5.74, 6) is 0.880. The molecule has 0 aliphatic carbocycles. The predicted molar refractivity (Wildman–Crippen MR) is 87.6 cm³/mol. The van der Waals surface area contributed by atoms with Gasteiger partial charge in [0.1, 0.15) is 18.8 Å². The standard InChI is InChI=1S/C16H21N5O2/c1-11(2)21-15(18-10-19-21)9-17-13-5-4-6-14(12(13)3)20-7-8-23-16(20)22/h4-6,10-11,17H,7-9H2,1-3H3. The smallest absolute Gasteiger partial charge is 0.414 e. The van der Waals surface area contributed by atoms with Gasteiger partial charge in [0.15, 0.2) is 0 Å². The van der Waals surface area contributed by atoms with E-state index in [-0.39, 0.29) is 12.1 Å². The van der Waals surface area contributed by atoms with Gasteiger partial charge in [-0.1, -0.05) is 6.07 Å². The molecule has 0 unspecified atom stereocenters. The Balaban J connectivity index is 1.78. The Morgan fingerprint density at radius 2 is 2.22 bits per heavy atom. The zero-order valence-corrected chi connectivity index (χ0v) is 13.6. The van der Waals surface area contributed by atoms with Gasteiger partial charge in [-0.25, -0.2) is 14.5 Å². The molecular formula is C16H21N5O2. The number of rotatable bonds is 5. The first-order chi connectivity index (χ1) is 11.1. The van der Waals surface area contributed by atoms with E-state index in [0.29, 0.717) is 19.7 Å². The molecule has 0 radical (unpaired) electrons. The number of hydrogen-bond acceptors (Lipinski definition) is 5. The molecule has 0 saturated carbocycles. The van der Waals surface area contributed by atoms with Crippen LogP contribution in [0.2, 0.25) is 0 Å². The first-order valence-corrected chi connectivity index (χ1v) is 7.74. The number of benzene rings is 1. The van der Waals surface area contributed by atoms with Crippen molar-refractivity contribution in [2.24, 2.45) is 0 Å². The summed E-state index contributed by atoms with van der Waals surface area (Å²) < 4.78 is 6.91. The van der Waals surface area contributed by atoms with Gasteiger partial charge in [-0.2, -0.15) is 5.10 Å². The molecule has 1 aliphatic rings. The molecule has 1 fully saturated rings. The second-order valence-corrected chi connectivity index (χ2v) is 5.78. The summed E-state index contributed by atoms with van der Waals surface area (Å²) in [4.78, 5) is 17.7. The zero-order chi connectivity index (χ0) is 16.4. The van der Waals surface area contributed by atoms with E-state index in [0.717, 1.165) is 22.8 Å². The normalized spacial score (nSPS) is 14.4. The fourth-order valence-corrected chi connectivity index (χ4v) is 2.73. The molecule has 1 N–H and O–H groups in total. The van der Waals surface area contributed by atoms with Crippen molar-refractivity contribution < 1.29 is 9.53 Å². The number of ether oxygens (including phenoxy) is 1. The van der Waals surface area contributed by atoms with Crippen molar-refractivity contribution in [2.45, 2.75) is 33.4 Å². The Labute approximate surface area is 135 Å². The van der Waals surface area contributed by atoms with Crippen molar-refractivity contribution in [1.29, 1.82) is 0 Å². The van der Waals surface area contributed by atoms with Gasteiger partial charge in [-0.05, 0) is 38.5 Å². The average Bonchev–Trinajstić information content (AvgIpc) is 3.15. The summed E-state index contributed by atoms with van der Waals surface area (Å²) in [6.45, 7) is 7.74. The molecule has 1 aliphatic heterocycles. The van der Waals surface area contributed by atoms with Crippen LogP contribution in [0.5, 0.6) is 0 Å². The van der Waals surface area contributed by atoms with Crippen molar-refractivity contribution >= 4 is 17.5 Å². The first kappa shape index (κ1) is 15.3. The maximum Gasteiger partial charge on any atom is 0.414 e. The lowest BCUT2D eigenvalue weighted by Crippen LogP contribution is -2.24. The number of cyclic esters (lactones) is 1. The molecule has 122 valence electrons. The van der Waals surface area contributed by atoms with Crippen molar-refractivity contribution in [3.8, 4) is 0 Å². The van der Waals surface area contributed by atoms with Gasteiger partial charge in [-0.3, -0.25) is 4.90 Å². The van der Waals surface area contributed by atoms with Gasteiger partial charge >= 0.3 is 6.09 Å². The molecular weight excluding hydrogens is 294 g/mol. The summed E-state index contributed by atoms with van der Waals surface area (Å²) >= 11 is 0. The maximum absolute atomic E-state index is 11.8. The minimum Gasteiger partial charge on any atom is -0.447 e. The Bertz CT molecular complexity index is 710. The van der Waals surface area contributed by atoms with Crippen LogP contribution in [-0.2, 0) is 11.3 Å². The number of aromatic nitrogens is 3. The van der Waals surface area contributed by atoms with Crippen molar-refractivity contribution in [1.82, 2.24) is 14.8 Å². The van der Waals surface area contributed by atoms with Crippen molar-refractivity contribution in [3.05, 3.63) is 35.9 Å². The van der Waals surface area contributed by atoms with Gasteiger partial charge < -0.3 is 10.1 Å². The quantitative estimate of drug-likeness (QED) is 0.918. The molecule has 1 aromatic heterocycles. The summed E-state index contributed by atoms with van der Waals surface area (Å²) in [6, 6.07) is 6.13. The Kier molecular flexibility index (Phi) is 4.18. The second kappa shape index (κ2) is 6.28. The maximum atomic E-state index is 11.8. The van der Waals surface area contributed by atoms with E-state index < -0.39 is 0 Å². The van der Waals surface area contributed by atoms with Crippen LogP contribution in [-0.4, -0.2) is 34.0 Å². The molecule has 7 nitrogen and oxygen atoms in total. The van der Waals surface area contributed by atoms with Crippen LogP contribution in [0.1, 0.15) is 31.3 Å². The Morgan fingerprint density at radius 3 is 2.91 bits per heavy atom. The van der Waals surface area contributed by atoms with E-state index in [2.05, 4.69) is 29.2 Å². The minimum atomic E-state index is -0.287. The van der Waals surface area contributed by atoms with Gasteiger partial charge in [0.2, 0.25) is 0 Å². The van der Waals surface area contributed by atoms with Crippen LogP contribution >= 0.6 is 0 Å². The van der Waals surface area contributed by atoms with Crippen LogP contribution in [0.3, 0.4) is 0 Å². The van der Waals surface area contributed by atoms with Crippen LogP contribution in [0.15, 0.2) is 24.5 Å². The highest BCUT2D eigenvalue weighted by Gasteiger charge is 2.25. The third-order valence-electron chi connectivity index (χ3n) is 3.93. The van der Waals surface area contributed by atoms with E-state index in [1.807, 2.05) is 29.8 Å². The highest BCUT2D eigenvalue weighted by atomic mass is 16.6. The number of anilines is 2. The van der Waals surface area contributed by atoms with E-state index in [1.54, 1.807) is 11.2 Å². The summed E-state index contributed by atoms with van der Waals surface area (Å²) in [7, 11) is 0. The molecule has 2 heterocycles. The molecule has 23 heavy (non-hydrogen) atoms. The zero-order valence-electron chi connectivity index (χ0n) is 13.6. The Morgan fingerprint density at radius 1 is 1.39 bits per heavy atom. The van der Waals surface area contributed by atoms with Gasteiger partial charge in [0.05, 0.1) is 18.8 Å². The molecule has 0 spiro atoms. The second-order valence-electron chi connectivity index (χ2n) is 5.78. The number of amides is 1. The molecule has 2 aromatic rings. The number of hydrogen-bond donors (Lipinski definition) is 1. The van der Waals surface area contributed by atoms with Crippen molar-refractivity contribution in [2.75, 3.05) is 23.4 Å². The minimum absolute atomic E-state index is 0.265. The number of carbonyl (C=O) groups excluding carboxylic acids is 1. The topological polar surface area (TPSA) is 72.3 Å². The van der Waals surface area contributed by atoms with E-state index in [4.69, 9.17) is 4.74 Å². The summed E-state index contributed by atoms with van der Waals surface area (Å²) in [5, 5.41) is 7.62. The first-order valence-electron chi connectivity index (χ1n) is 7.74. The number of nitrogens with zero attached hydrogens (tertiary/aromatic N) is 4. The lowest BCUT2D eigenvalue weighted by atomic mass is 10.1. The van der Waals surface area contributed by atoms with Crippen LogP contribution in [0.4, 0.5) is 16.2 Å². The summed E-state index contributed by atoms with van der Waals surface area (Å²) in [6.07, 6.45) is 1.28. The number of nitrogens with one attached hydrogen (secondary N) is 1. The van der Waals surface area contributed by atoms with Crippen LogP contribution < -0.4 is 10.2 Å². The van der Waals surface area contributed by atoms with E-state index in [1.165, 1.54) is 0 Å². The molecule has 3 rings (SSSR count). The van der Waals surface area contributed by atoms with E-state index >= 15 is 0 Å². The molecule has 0 atom stereocenters. The third kappa shape index (κ3) is 2.99. The lowest BCUT2D eigenvalue weighted by Gasteiger charge is -2.19. The van der Waals surface area contributed by atoms with E-state index in [9.17, 15) is 4.79 Å².